The van der Waals surface area contributed by atoms with Crippen molar-refractivity contribution in [2.45, 2.75) is 5.33 Å². The molecule has 0 aliphatic rings. The van der Waals surface area contributed by atoms with Gasteiger partial charge < -0.3 is 4.74 Å². The second-order valence-electron chi connectivity index (χ2n) is 2.68. The lowest BCUT2D eigenvalue weighted by Gasteiger charge is -2.05. The number of nitrogens with zero attached hydrogens (tertiary/aromatic N) is 2. The molecule has 0 heterocycles. The van der Waals surface area contributed by atoms with Crippen LogP contribution in [-0.4, -0.2) is 12.0 Å². The van der Waals surface area contributed by atoms with Gasteiger partial charge in [-0.05, 0) is 6.07 Å². The molecular formula is C9H7BrN2O3. The van der Waals surface area contributed by atoms with Crippen LogP contribution < -0.4 is 4.74 Å². The molecule has 0 bridgehead atoms. The van der Waals surface area contributed by atoms with Crippen molar-refractivity contribution in [3.63, 3.8) is 0 Å². The Morgan fingerprint density at radius 1 is 1.67 bits per heavy atom. The summed E-state index contributed by atoms with van der Waals surface area (Å²) in [6.07, 6.45) is 0. The summed E-state index contributed by atoms with van der Waals surface area (Å²) in [5.41, 5.74) is 0.564. The Kier molecular flexibility index (Phi) is 3.63. The van der Waals surface area contributed by atoms with E-state index in [0.717, 1.165) is 0 Å². The monoisotopic (exact) mass is 270 g/mol. The van der Waals surface area contributed by atoms with Gasteiger partial charge in [-0.1, -0.05) is 15.9 Å². The molecule has 0 aliphatic heterocycles. The quantitative estimate of drug-likeness (QED) is 0.480. The van der Waals surface area contributed by atoms with Crippen LogP contribution in [0, 0.1) is 21.4 Å². The number of nitro benzene ring substituents is 1. The zero-order valence-electron chi connectivity index (χ0n) is 7.86. The third kappa shape index (κ3) is 2.25. The number of ether oxygens (including phenoxy) is 1. The van der Waals surface area contributed by atoms with Crippen LogP contribution in [0.5, 0.6) is 5.75 Å². The lowest BCUT2D eigenvalue weighted by atomic mass is 10.1. The fourth-order valence-corrected chi connectivity index (χ4v) is 1.59. The number of rotatable bonds is 3. The van der Waals surface area contributed by atoms with Gasteiger partial charge >= 0.3 is 0 Å². The van der Waals surface area contributed by atoms with E-state index in [1.807, 2.05) is 6.07 Å². The molecule has 78 valence electrons. The van der Waals surface area contributed by atoms with Crippen LogP contribution in [0.2, 0.25) is 0 Å². The van der Waals surface area contributed by atoms with E-state index in [0.29, 0.717) is 16.6 Å². The van der Waals surface area contributed by atoms with Crippen LogP contribution in [0.15, 0.2) is 12.1 Å². The molecule has 1 rings (SSSR count). The van der Waals surface area contributed by atoms with E-state index in [9.17, 15) is 10.1 Å². The van der Waals surface area contributed by atoms with Crippen molar-refractivity contribution in [2.24, 2.45) is 0 Å². The topological polar surface area (TPSA) is 76.2 Å². The molecule has 0 saturated carbocycles. The van der Waals surface area contributed by atoms with Crippen molar-refractivity contribution in [3.8, 4) is 11.8 Å². The van der Waals surface area contributed by atoms with Crippen molar-refractivity contribution >= 4 is 21.6 Å². The molecule has 0 spiro atoms. The van der Waals surface area contributed by atoms with Crippen LogP contribution in [0.4, 0.5) is 5.69 Å². The maximum Gasteiger partial charge on any atom is 0.275 e. The van der Waals surface area contributed by atoms with E-state index in [-0.39, 0.29) is 11.3 Å². The molecule has 1 aromatic carbocycles. The van der Waals surface area contributed by atoms with E-state index in [1.54, 1.807) is 0 Å². The van der Waals surface area contributed by atoms with Crippen molar-refractivity contribution in [1.29, 1.82) is 5.26 Å². The SMILES string of the molecule is COc1cc(CBr)c([N+](=O)[O-])cc1C#N. The number of hydrogen-bond acceptors (Lipinski definition) is 4. The molecule has 0 amide bonds. The number of benzene rings is 1. The highest BCUT2D eigenvalue weighted by Gasteiger charge is 2.17. The number of halogens is 1. The largest absolute Gasteiger partial charge is 0.495 e. The van der Waals surface area contributed by atoms with E-state index in [2.05, 4.69) is 15.9 Å². The highest BCUT2D eigenvalue weighted by atomic mass is 79.9. The van der Waals surface area contributed by atoms with Gasteiger partial charge in [-0.15, -0.1) is 0 Å². The molecule has 1 aromatic rings. The van der Waals surface area contributed by atoms with Gasteiger partial charge in [-0.3, -0.25) is 10.1 Å². The Hall–Kier alpha value is -1.61. The van der Waals surface area contributed by atoms with Gasteiger partial charge in [0.1, 0.15) is 17.4 Å². The van der Waals surface area contributed by atoms with Gasteiger partial charge in [0, 0.05) is 17.0 Å². The molecule has 0 atom stereocenters. The summed E-state index contributed by atoms with van der Waals surface area (Å²) in [7, 11) is 1.42. The van der Waals surface area contributed by atoms with Gasteiger partial charge in [0.15, 0.2) is 0 Å². The molecule has 0 saturated heterocycles. The van der Waals surface area contributed by atoms with Crippen molar-refractivity contribution in [1.82, 2.24) is 0 Å². The average molecular weight is 271 g/mol. The fraction of sp³-hybridized carbons (Fsp3) is 0.222. The predicted octanol–water partition coefficient (Wildman–Crippen LogP) is 2.37. The summed E-state index contributed by atoms with van der Waals surface area (Å²) in [4.78, 5) is 10.2. The number of nitro groups is 1. The van der Waals surface area contributed by atoms with Crippen LogP contribution in [0.1, 0.15) is 11.1 Å². The number of alkyl halides is 1. The lowest BCUT2D eigenvalue weighted by Crippen LogP contribution is -1.97. The minimum Gasteiger partial charge on any atom is -0.495 e. The summed E-state index contributed by atoms with van der Waals surface area (Å²) >= 11 is 3.14. The zero-order valence-corrected chi connectivity index (χ0v) is 9.44. The fourth-order valence-electron chi connectivity index (χ4n) is 1.14. The van der Waals surface area contributed by atoms with Crippen LogP contribution in [0.25, 0.3) is 0 Å². The minimum atomic E-state index is -0.517. The standard InChI is InChI=1S/C9H7BrN2O3/c1-15-9-3-6(4-10)8(12(13)14)2-7(9)5-11/h2-3H,4H2,1H3. The average Bonchev–Trinajstić information content (AvgIpc) is 2.26. The first-order valence-corrected chi connectivity index (χ1v) is 5.07. The molecule has 6 heteroatoms. The number of hydrogen-bond donors (Lipinski definition) is 0. The Morgan fingerprint density at radius 2 is 2.33 bits per heavy atom. The second-order valence-corrected chi connectivity index (χ2v) is 3.24. The molecule has 0 aliphatic carbocycles. The van der Waals surface area contributed by atoms with Gasteiger partial charge in [0.25, 0.3) is 5.69 Å². The maximum atomic E-state index is 10.7. The molecule has 0 radical (unpaired) electrons. The summed E-state index contributed by atoms with van der Waals surface area (Å²) in [6, 6.07) is 4.56. The third-order valence-corrected chi connectivity index (χ3v) is 2.47. The highest BCUT2D eigenvalue weighted by molar-refractivity contribution is 9.08. The van der Waals surface area contributed by atoms with Crippen LogP contribution >= 0.6 is 15.9 Å². The van der Waals surface area contributed by atoms with E-state index in [4.69, 9.17) is 10.00 Å². The summed E-state index contributed by atoms with van der Waals surface area (Å²) in [6.45, 7) is 0. The third-order valence-electron chi connectivity index (χ3n) is 1.86. The molecule has 5 nitrogen and oxygen atoms in total. The number of nitriles is 1. The Balaban J connectivity index is 3.42. The number of methoxy groups -OCH3 is 1. The van der Waals surface area contributed by atoms with E-state index in [1.165, 1.54) is 19.2 Å². The van der Waals surface area contributed by atoms with Crippen molar-refractivity contribution in [3.05, 3.63) is 33.4 Å². The van der Waals surface area contributed by atoms with Crippen LogP contribution in [-0.2, 0) is 5.33 Å². The van der Waals surface area contributed by atoms with Crippen molar-refractivity contribution < 1.29 is 9.66 Å². The molecule has 0 unspecified atom stereocenters. The second kappa shape index (κ2) is 4.75. The first-order valence-electron chi connectivity index (χ1n) is 3.95. The first kappa shape index (κ1) is 11.5. The normalized spacial score (nSPS) is 9.40. The highest BCUT2D eigenvalue weighted by Crippen LogP contribution is 2.29. The molecular weight excluding hydrogens is 264 g/mol. The molecule has 0 fully saturated rings. The lowest BCUT2D eigenvalue weighted by molar-refractivity contribution is -0.385. The smallest absolute Gasteiger partial charge is 0.275 e. The van der Waals surface area contributed by atoms with E-state index < -0.39 is 4.92 Å². The summed E-state index contributed by atoms with van der Waals surface area (Å²) in [5, 5.41) is 19.8. The maximum absolute atomic E-state index is 10.7. The Bertz CT molecular complexity index is 440. The van der Waals surface area contributed by atoms with E-state index >= 15 is 0 Å². The molecule has 0 aromatic heterocycles. The summed E-state index contributed by atoms with van der Waals surface area (Å²) in [5.74, 6) is 0.345. The molecule has 0 N–H and O–H groups in total. The van der Waals surface area contributed by atoms with Gasteiger partial charge in [0.05, 0.1) is 12.0 Å². The Labute approximate surface area is 94.6 Å². The summed E-state index contributed by atoms with van der Waals surface area (Å²) < 4.78 is 4.95. The van der Waals surface area contributed by atoms with Gasteiger partial charge in [-0.25, -0.2) is 0 Å². The van der Waals surface area contributed by atoms with Crippen molar-refractivity contribution in [2.75, 3.05) is 7.11 Å². The van der Waals surface area contributed by atoms with Crippen LogP contribution in [0.3, 0.4) is 0 Å². The Morgan fingerprint density at radius 3 is 2.73 bits per heavy atom. The zero-order chi connectivity index (χ0) is 11.4. The molecule has 15 heavy (non-hydrogen) atoms. The first-order chi connectivity index (χ1) is 7.13. The van der Waals surface area contributed by atoms with Gasteiger partial charge in [0.2, 0.25) is 0 Å². The predicted molar refractivity (Wildman–Crippen MR) is 57.0 cm³/mol. The van der Waals surface area contributed by atoms with Gasteiger partial charge in [-0.2, -0.15) is 5.26 Å². The minimum absolute atomic E-state index is 0.0794.